The summed E-state index contributed by atoms with van der Waals surface area (Å²) in [5, 5.41) is 8.56. The fourth-order valence-electron chi connectivity index (χ4n) is 1.03. The van der Waals surface area contributed by atoms with Crippen molar-refractivity contribution in [1.82, 2.24) is 4.98 Å². The second-order valence-electron chi connectivity index (χ2n) is 2.83. The number of carboxylic acids is 1. The normalized spacial score (nSPS) is 11.3. The number of halogens is 4. The van der Waals surface area contributed by atoms with Crippen LogP contribution in [0.15, 0.2) is 11.0 Å². The van der Waals surface area contributed by atoms with E-state index in [2.05, 4.69) is 9.72 Å². The van der Waals surface area contributed by atoms with E-state index < -0.39 is 35.0 Å². The first-order valence-electron chi connectivity index (χ1n) is 4.06. The van der Waals surface area contributed by atoms with Crippen molar-refractivity contribution in [1.29, 1.82) is 0 Å². The molecule has 0 unspecified atom stereocenters. The lowest BCUT2D eigenvalue weighted by Crippen LogP contribution is -2.26. The molecule has 0 atom stereocenters. The fraction of sp³-hybridized carbons (Fsp3) is 0.250. The van der Waals surface area contributed by atoms with Crippen molar-refractivity contribution in [3.63, 3.8) is 0 Å². The molecule has 1 aromatic heterocycles. The summed E-state index contributed by atoms with van der Waals surface area (Å²) >= 11 is 5.30. The van der Waals surface area contributed by atoms with Crippen LogP contribution in [0.2, 0.25) is 0 Å². The van der Waals surface area contributed by atoms with E-state index in [1.165, 1.54) is 0 Å². The lowest BCUT2D eigenvalue weighted by Gasteiger charge is -2.11. The van der Waals surface area contributed by atoms with Crippen molar-refractivity contribution in [3.8, 4) is 5.75 Å². The molecule has 17 heavy (non-hydrogen) atoms. The maximum atomic E-state index is 12.0. The number of carboxylic acid groups (broad SMARTS) is 1. The van der Waals surface area contributed by atoms with Gasteiger partial charge in [0.2, 0.25) is 5.43 Å². The molecule has 2 N–H and O–H groups in total. The van der Waals surface area contributed by atoms with Crippen LogP contribution in [0.4, 0.5) is 13.2 Å². The Labute approximate surface area is 96.8 Å². The van der Waals surface area contributed by atoms with Crippen LogP contribution in [-0.2, 0) is 5.88 Å². The number of ether oxygens (including phenoxy) is 1. The fourth-order valence-corrected chi connectivity index (χ4v) is 1.23. The number of aromatic amines is 1. The second kappa shape index (κ2) is 4.66. The Morgan fingerprint density at radius 3 is 2.53 bits per heavy atom. The van der Waals surface area contributed by atoms with Crippen molar-refractivity contribution in [2.45, 2.75) is 12.2 Å². The first-order valence-corrected chi connectivity index (χ1v) is 4.59. The molecular weight excluding hydrogens is 267 g/mol. The van der Waals surface area contributed by atoms with Crippen LogP contribution in [-0.4, -0.2) is 22.4 Å². The average molecular weight is 272 g/mol. The number of carbonyl (C=O) groups is 1. The molecule has 0 aliphatic rings. The monoisotopic (exact) mass is 271 g/mol. The summed E-state index contributed by atoms with van der Waals surface area (Å²) in [6.07, 6.45) is -4.35. The third-order valence-corrected chi connectivity index (χ3v) is 1.96. The molecule has 9 heteroatoms. The van der Waals surface area contributed by atoms with E-state index >= 15 is 0 Å². The van der Waals surface area contributed by atoms with Gasteiger partial charge in [0.05, 0.1) is 11.6 Å². The summed E-state index contributed by atoms with van der Waals surface area (Å²) in [5.41, 5.74) is -2.60. The minimum Gasteiger partial charge on any atom is -0.477 e. The molecule has 0 radical (unpaired) electrons. The Bertz CT molecular complexity index is 497. The van der Waals surface area contributed by atoms with Crippen LogP contribution in [0.25, 0.3) is 0 Å². The van der Waals surface area contributed by atoms with E-state index in [0.717, 1.165) is 6.20 Å². The van der Waals surface area contributed by atoms with Gasteiger partial charge in [-0.1, -0.05) is 0 Å². The van der Waals surface area contributed by atoms with Crippen molar-refractivity contribution in [2.75, 3.05) is 0 Å². The Balaban J connectivity index is 3.38. The van der Waals surface area contributed by atoms with Gasteiger partial charge in [-0.05, 0) is 0 Å². The Kier molecular flexibility index (Phi) is 3.66. The van der Waals surface area contributed by atoms with E-state index in [0.29, 0.717) is 0 Å². The van der Waals surface area contributed by atoms with Crippen molar-refractivity contribution in [2.24, 2.45) is 0 Å². The van der Waals surface area contributed by atoms with E-state index in [4.69, 9.17) is 16.7 Å². The van der Waals surface area contributed by atoms with Gasteiger partial charge in [-0.3, -0.25) is 4.79 Å². The first kappa shape index (κ1) is 13.4. The van der Waals surface area contributed by atoms with E-state index in [1.54, 1.807) is 0 Å². The summed E-state index contributed by atoms with van der Waals surface area (Å²) in [6, 6.07) is 0. The van der Waals surface area contributed by atoms with Crippen molar-refractivity contribution >= 4 is 17.6 Å². The maximum Gasteiger partial charge on any atom is 0.573 e. The Morgan fingerprint density at radius 1 is 1.53 bits per heavy atom. The predicted octanol–water partition coefficient (Wildman–Crippen LogP) is 1.71. The molecule has 94 valence electrons. The van der Waals surface area contributed by atoms with Gasteiger partial charge in [0, 0.05) is 6.20 Å². The number of aromatic nitrogens is 1. The van der Waals surface area contributed by atoms with Crippen LogP contribution in [0.1, 0.15) is 16.1 Å². The number of pyridine rings is 1. The third-order valence-electron chi connectivity index (χ3n) is 1.70. The smallest absolute Gasteiger partial charge is 0.477 e. The van der Waals surface area contributed by atoms with Gasteiger partial charge in [-0.15, -0.1) is 24.8 Å². The largest absolute Gasteiger partial charge is 0.573 e. The Morgan fingerprint density at radius 2 is 2.12 bits per heavy atom. The molecule has 0 saturated carbocycles. The highest BCUT2D eigenvalue weighted by molar-refractivity contribution is 6.17. The maximum absolute atomic E-state index is 12.0. The van der Waals surface area contributed by atoms with Crippen LogP contribution in [0.5, 0.6) is 5.75 Å². The molecule has 0 aliphatic heterocycles. The van der Waals surface area contributed by atoms with Gasteiger partial charge in [0.15, 0.2) is 5.75 Å². The predicted molar refractivity (Wildman–Crippen MR) is 50.3 cm³/mol. The Hall–Kier alpha value is -1.70. The number of alkyl halides is 4. The molecule has 0 aromatic carbocycles. The highest BCUT2D eigenvalue weighted by Gasteiger charge is 2.34. The first-order chi connectivity index (χ1) is 7.76. The minimum absolute atomic E-state index is 0.348. The number of hydrogen-bond acceptors (Lipinski definition) is 3. The summed E-state index contributed by atoms with van der Waals surface area (Å²) in [4.78, 5) is 24.1. The van der Waals surface area contributed by atoms with Gasteiger partial charge in [-0.2, -0.15) is 0 Å². The highest BCUT2D eigenvalue weighted by atomic mass is 35.5. The van der Waals surface area contributed by atoms with E-state index in [-0.39, 0.29) is 5.69 Å². The molecule has 1 heterocycles. The zero-order valence-corrected chi connectivity index (χ0v) is 8.72. The van der Waals surface area contributed by atoms with Crippen LogP contribution < -0.4 is 10.2 Å². The zero-order chi connectivity index (χ0) is 13.2. The molecule has 0 fully saturated rings. The molecule has 0 spiro atoms. The van der Waals surface area contributed by atoms with Gasteiger partial charge in [0.1, 0.15) is 5.56 Å². The molecular formula is C8H5ClF3NO4. The third kappa shape index (κ3) is 3.13. The SMILES string of the molecule is O=C(O)c1c[nH]c(CCl)c(OC(F)(F)F)c1=O. The van der Waals surface area contributed by atoms with E-state index in [1.807, 2.05) is 0 Å². The minimum atomic E-state index is -5.11. The summed E-state index contributed by atoms with van der Waals surface area (Å²) < 4.78 is 39.5. The number of H-pyrrole nitrogens is 1. The van der Waals surface area contributed by atoms with Crippen molar-refractivity contribution in [3.05, 3.63) is 27.7 Å². The molecule has 0 bridgehead atoms. The van der Waals surface area contributed by atoms with Gasteiger partial charge in [0.25, 0.3) is 0 Å². The molecule has 0 amide bonds. The molecule has 0 aliphatic carbocycles. The number of aromatic carboxylic acids is 1. The van der Waals surface area contributed by atoms with Gasteiger partial charge in [-0.25, -0.2) is 4.79 Å². The topological polar surface area (TPSA) is 79.4 Å². The second-order valence-corrected chi connectivity index (χ2v) is 3.09. The van der Waals surface area contributed by atoms with Gasteiger partial charge < -0.3 is 14.8 Å². The number of rotatable bonds is 3. The van der Waals surface area contributed by atoms with Crippen LogP contribution in [0.3, 0.4) is 0 Å². The lowest BCUT2D eigenvalue weighted by atomic mass is 10.2. The average Bonchev–Trinajstić information content (AvgIpc) is 2.18. The molecule has 0 saturated heterocycles. The lowest BCUT2D eigenvalue weighted by molar-refractivity contribution is -0.275. The summed E-state index contributed by atoms with van der Waals surface area (Å²) in [7, 11) is 0. The highest BCUT2D eigenvalue weighted by Crippen LogP contribution is 2.23. The van der Waals surface area contributed by atoms with Gasteiger partial charge >= 0.3 is 12.3 Å². The quantitative estimate of drug-likeness (QED) is 0.820. The van der Waals surface area contributed by atoms with Crippen LogP contribution >= 0.6 is 11.6 Å². The zero-order valence-electron chi connectivity index (χ0n) is 7.97. The molecule has 1 aromatic rings. The molecule has 1 rings (SSSR count). The molecule has 5 nitrogen and oxygen atoms in total. The standard InChI is InChI=1S/C8H5ClF3NO4/c9-1-4-6(17-8(10,11)12)5(14)3(2-13-4)7(15)16/h2H,1H2,(H,13,14)(H,15,16). The number of hydrogen-bond donors (Lipinski definition) is 2. The van der Waals surface area contributed by atoms with E-state index in [9.17, 15) is 22.8 Å². The number of nitrogens with one attached hydrogen (secondary N) is 1. The summed E-state index contributed by atoms with van der Waals surface area (Å²) in [6.45, 7) is 0. The van der Waals surface area contributed by atoms with Crippen LogP contribution in [0, 0.1) is 0 Å². The van der Waals surface area contributed by atoms with Crippen molar-refractivity contribution < 1.29 is 27.8 Å². The summed E-state index contributed by atoms with van der Waals surface area (Å²) in [5.74, 6) is -3.28.